The average molecular weight is 309 g/mol. The highest BCUT2D eigenvalue weighted by molar-refractivity contribution is 7.40. The van der Waals surface area contributed by atoms with Crippen LogP contribution in [0, 0.1) is 11.3 Å². The Bertz CT molecular complexity index is 489. The van der Waals surface area contributed by atoms with Crippen molar-refractivity contribution in [3.05, 3.63) is 23.8 Å². The molecule has 0 N–H and O–H groups in total. The van der Waals surface area contributed by atoms with Crippen molar-refractivity contribution < 1.29 is 14.6 Å². The minimum atomic E-state index is 0.107. The van der Waals surface area contributed by atoms with Crippen LogP contribution in [0.15, 0.2) is 18.2 Å². The molecule has 0 aliphatic carbocycles. The van der Waals surface area contributed by atoms with Gasteiger partial charge in [-0.2, -0.15) is 0 Å². The highest BCUT2D eigenvalue weighted by atomic mass is 31.1. The van der Waals surface area contributed by atoms with Gasteiger partial charge < -0.3 is 14.6 Å². The van der Waals surface area contributed by atoms with Crippen LogP contribution in [0.3, 0.4) is 0 Å². The SMILES string of the molecule is COc1ccc(C([O-])=PCC(C)CC(C)(C)C)c(OC)c1. The molecule has 1 rings (SSSR count). The lowest BCUT2D eigenvalue weighted by molar-refractivity contribution is -0.207. The Hall–Kier alpha value is -1.05. The Labute approximate surface area is 130 Å². The van der Waals surface area contributed by atoms with Gasteiger partial charge in [-0.05, 0) is 36.0 Å². The van der Waals surface area contributed by atoms with Crippen LogP contribution in [0.1, 0.15) is 39.7 Å². The molecule has 0 aromatic heterocycles. The maximum Gasteiger partial charge on any atom is 0.129 e. The Morgan fingerprint density at radius 3 is 2.43 bits per heavy atom. The van der Waals surface area contributed by atoms with Crippen LogP contribution in [0.5, 0.6) is 11.5 Å². The van der Waals surface area contributed by atoms with E-state index in [2.05, 4.69) is 27.7 Å². The second-order valence-corrected chi connectivity index (χ2v) is 7.67. The van der Waals surface area contributed by atoms with E-state index in [0.29, 0.717) is 28.4 Å². The first kappa shape index (κ1) is 18.0. The van der Waals surface area contributed by atoms with Gasteiger partial charge in [0.15, 0.2) is 0 Å². The van der Waals surface area contributed by atoms with Gasteiger partial charge in [0.2, 0.25) is 0 Å². The lowest BCUT2D eigenvalue weighted by Gasteiger charge is -2.23. The van der Waals surface area contributed by atoms with Gasteiger partial charge in [-0.25, -0.2) is 0 Å². The maximum atomic E-state index is 12.4. The summed E-state index contributed by atoms with van der Waals surface area (Å²) in [4.78, 5) is 0. The number of rotatable bonds is 6. The minimum absolute atomic E-state index is 0.107. The fraction of sp³-hybridized carbons (Fsp3) is 0.588. The first-order valence-corrected chi connectivity index (χ1v) is 8.28. The number of benzene rings is 1. The molecule has 0 amide bonds. The molecule has 0 fully saturated rings. The molecular formula is C17H26O3P-. The van der Waals surface area contributed by atoms with Gasteiger partial charge in [0.25, 0.3) is 0 Å². The summed E-state index contributed by atoms with van der Waals surface area (Å²) in [6.45, 7) is 8.90. The molecule has 1 aromatic carbocycles. The molecule has 0 heterocycles. The summed E-state index contributed by atoms with van der Waals surface area (Å²) >= 11 is 0. The van der Waals surface area contributed by atoms with E-state index < -0.39 is 0 Å². The normalized spacial score (nSPS) is 14.0. The zero-order chi connectivity index (χ0) is 16.0. The van der Waals surface area contributed by atoms with Crippen molar-refractivity contribution in [2.24, 2.45) is 11.3 Å². The van der Waals surface area contributed by atoms with Crippen LogP contribution in [0.4, 0.5) is 0 Å². The summed E-state index contributed by atoms with van der Waals surface area (Å²) in [5, 5.41) is 12.4. The lowest BCUT2D eigenvalue weighted by Crippen LogP contribution is -2.18. The summed E-state index contributed by atoms with van der Waals surface area (Å²) in [6.07, 6.45) is 2.00. The first-order chi connectivity index (χ1) is 9.76. The minimum Gasteiger partial charge on any atom is -0.823 e. The number of hydrogen-bond acceptors (Lipinski definition) is 3. The molecule has 0 saturated carbocycles. The van der Waals surface area contributed by atoms with Crippen molar-refractivity contribution in [2.75, 3.05) is 20.4 Å². The van der Waals surface area contributed by atoms with E-state index >= 15 is 0 Å². The van der Waals surface area contributed by atoms with Crippen LogP contribution < -0.4 is 14.6 Å². The van der Waals surface area contributed by atoms with E-state index in [1.54, 1.807) is 32.4 Å². The van der Waals surface area contributed by atoms with Gasteiger partial charge in [-0.15, -0.1) is 13.7 Å². The summed E-state index contributed by atoms with van der Waals surface area (Å²) < 4.78 is 10.4. The molecular weight excluding hydrogens is 283 g/mol. The molecule has 21 heavy (non-hydrogen) atoms. The van der Waals surface area contributed by atoms with Crippen molar-refractivity contribution in [1.82, 2.24) is 0 Å². The van der Waals surface area contributed by atoms with E-state index in [-0.39, 0.29) is 5.48 Å². The number of hydrogen-bond donors (Lipinski definition) is 0. The van der Waals surface area contributed by atoms with Crippen molar-refractivity contribution >= 4 is 13.7 Å². The average Bonchev–Trinajstić information content (AvgIpc) is 2.42. The van der Waals surface area contributed by atoms with E-state index in [1.165, 1.54) is 0 Å². The molecule has 0 aliphatic heterocycles. The second-order valence-electron chi connectivity index (χ2n) is 6.58. The fourth-order valence-corrected chi connectivity index (χ4v) is 3.37. The highest BCUT2D eigenvalue weighted by Crippen LogP contribution is 2.28. The van der Waals surface area contributed by atoms with Gasteiger partial charge in [-0.1, -0.05) is 27.7 Å². The Kier molecular flexibility index (Phi) is 6.70. The zero-order valence-corrected chi connectivity index (χ0v) is 14.8. The van der Waals surface area contributed by atoms with E-state index in [9.17, 15) is 5.11 Å². The molecule has 118 valence electrons. The highest BCUT2D eigenvalue weighted by Gasteiger charge is 2.14. The summed E-state index contributed by atoms with van der Waals surface area (Å²) in [5.74, 6) is 1.80. The summed E-state index contributed by atoms with van der Waals surface area (Å²) in [6, 6.07) is 5.33. The number of ether oxygens (including phenoxy) is 2. The zero-order valence-electron chi connectivity index (χ0n) is 13.9. The summed E-state index contributed by atoms with van der Waals surface area (Å²) in [5.41, 5.74) is 1.04. The molecule has 3 nitrogen and oxygen atoms in total. The molecule has 0 bridgehead atoms. The maximum absolute atomic E-state index is 12.4. The van der Waals surface area contributed by atoms with Crippen LogP contribution in [-0.4, -0.2) is 25.9 Å². The first-order valence-electron chi connectivity index (χ1n) is 7.20. The molecule has 1 atom stereocenters. The molecule has 1 aromatic rings. The molecule has 0 radical (unpaired) electrons. The van der Waals surface area contributed by atoms with Crippen molar-refractivity contribution in [3.8, 4) is 11.5 Å². The van der Waals surface area contributed by atoms with E-state index in [0.717, 1.165) is 20.8 Å². The third-order valence-corrected chi connectivity index (χ3v) is 4.48. The molecule has 1 unspecified atom stereocenters. The third kappa shape index (κ3) is 6.07. The molecule has 0 aliphatic rings. The largest absolute Gasteiger partial charge is 0.823 e. The predicted octanol–water partition coefficient (Wildman–Crippen LogP) is 3.56. The van der Waals surface area contributed by atoms with Gasteiger partial charge in [0, 0.05) is 11.6 Å². The van der Waals surface area contributed by atoms with Crippen LogP contribution >= 0.6 is 8.20 Å². The van der Waals surface area contributed by atoms with E-state index in [1.807, 2.05) is 0 Å². The topological polar surface area (TPSA) is 41.5 Å². The van der Waals surface area contributed by atoms with Crippen molar-refractivity contribution in [2.45, 2.75) is 34.1 Å². The number of methoxy groups -OCH3 is 2. The van der Waals surface area contributed by atoms with Crippen LogP contribution in [0.25, 0.3) is 0 Å². The van der Waals surface area contributed by atoms with Gasteiger partial charge in [0.1, 0.15) is 11.5 Å². The second kappa shape index (κ2) is 7.82. The van der Waals surface area contributed by atoms with Crippen LogP contribution in [-0.2, 0) is 0 Å². The van der Waals surface area contributed by atoms with Crippen molar-refractivity contribution in [3.63, 3.8) is 0 Å². The molecule has 4 heteroatoms. The lowest BCUT2D eigenvalue weighted by atomic mass is 9.86. The van der Waals surface area contributed by atoms with Crippen molar-refractivity contribution in [1.29, 1.82) is 0 Å². The monoisotopic (exact) mass is 309 g/mol. The predicted molar refractivity (Wildman–Crippen MR) is 88.7 cm³/mol. The smallest absolute Gasteiger partial charge is 0.129 e. The van der Waals surface area contributed by atoms with E-state index in [4.69, 9.17) is 9.47 Å². The van der Waals surface area contributed by atoms with Gasteiger partial charge in [0.05, 0.1) is 14.2 Å². The summed E-state index contributed by atoms with van der Waals surface area (Å²) in [7, 11) is 4.00. The van der Waals surface area contributed by atoms with Gasteiger partial charge in [-0.3, -0.25) is 0 Å². The van der Waals surface area contributed by atoms with Gasteiger partial charge >= 0.3 is 0 Å². The Morgan fingerprint density at radius 2 is 1.90 bits per heavy atom. The van der Waals surface area contributed by atoms with Crippen LogP contribution in [0.2, 0.25) is 0 Å². The fourth-order valence-electron chi connectivity index (χ4n) is 2.41. The Balaban J connectivity index is 2.83. The standard InChI is InChI=1S/C17H27O3P/c1-12(10-17(2,3)4)11-21-16(18)14-8-7-13(19-5)9-15(14)20-6/h7-9,12,18H,10-11H2,1-6H3/p-1. The molecule has 0 saturated heterocycles. The third-order valence-electron chi connectivity index (χ3n) is 3.15. The quantitative estimate of drug-likeness (QED) is 0.755. The molecule has 0 spiro atoms. The Morgan fingerprint density at radius 1 is 1.24 bits per heavy atom.